The lowest BCUT2D eigenvalue weighted by molar-refractivity contribution is 0.104. The fraction of sp³-hybridized carbons (Fsp3) is 0.571. The van der Waals surface area contributed by atoms with Gasteiger partial charge in [-0.2, -0.15) is 11.8 Å². The van der Waals surface area contributed by atoms with Crippen LogP contribution in [0, 0.1) is 0 Å². The number of thioether (sulfide) groups is 1. The second kappa shape index (κ2) is 9.07. The van der Waals surface area contributed by atoms with E-state index in [1.54, 1.807) is 24.9 Å². The van der Waals surface area contributed by atoms with E-state index in [0.717, 1.165) is 11.5 Å². The SMILES string of the molecule is COc1cccc(OCC(O)CNC(C)CSC)c1. The van der Waals surface area contributed by atoms with Gasteiger partial charge in [0.15, 0.2) is 0 Å². The van der Waals surface area contributed by atoms with E-state index in [-0.39, 0.29) is 6.61 Å². The number of rotatable bonds is 9. The van der Waals surface area contributed by atoms with E-state index in [0.29, 0.717) is 18.3 Å². The zero-order valence-corrected chi connectivity index (χ0v) is 12.6. The van der Waals surface area contributed by atoms with Crippen molar-refractivity contribution in [3.63, 3.8) is 0 Å². The van der Waals surface area contributed by atoms with Crippen LogP contribution in [0.15, 0.2) is 24.3 Å². The molecule has 0 aliphatic carbocycles. The smallest absolute Gasteiger partial charge is 0.123 e. The largest absolute Gasteiger partial charge is 0.497 e. The van der Waals surface area contributed by atoms with Crippen LogP contribution in [0.2, 0.25) is 0 Å². The first-order chi connectivity index (χ1) is 9.15. The summed E-state index contributed by atoms with van der Waals surface area (Å²) in [6.07, 6.45) is 1.55. The Balaban J connectivity index is 2.27. The Hall–Kier alpha value is -0.910. The first kappa shape index (κ1) is 16.1. The molecule has 0 aliphatic heterocycles. The standard InChI is InChI=1S/C14H23NO3S/c1-11(10-19-3)15-8-12(16)9-18-14-6-4-5-13(7-14)17-2/h4-7,11-12,15-16H,8-10H2,1-3H3. The molecule has 2 N–H and O–H groups in total. The number of methoxy groups -OCH3 is 1. The van der Waals surface area contributed by atoms with Crippen LogP contribution in [0.4, 0.5) is 0 Å². The van der Waals surface area contributed by atoms with Gasteiger partial charge in [0.05, 0.1) is 7.11 Å². The number of benzene rings is 1. The molecule has 5 heteroatoms. The zero-order valence-electron chi connectivity index (χ0n) is 11.8. The maximum atomic E-state index is 9.83. The third-order valence-electron chi connectivity index (χ3n) is 2.60. The first-order valence-electron chi connectivity index (χ1n) is 6.33. The van der Waals surface area contributed by atoms with E-state index in [9.17, 15) is 5.11 Å². The van der Waals surface area contributed by atoms with Crippen LogP contribution in [0.1, 0.15) is 6.92 Å². The Morgan fingerprint density at radius 3 is 2.79 bits per heavy atom. The lowest BCUT2D eigenvalue weighted by atomic mass is 10.3. The fourth-order valence-corrected chi connectivity index (χ4v) is 2.21. The van der Waals surface area contributed by atoms with Gasteiger partial charge in [-0.1, -0.05) is 6.07 Å². The minimum absolute atomic E-state index is 0.270. The van der Waals surface area contributed by atoms with Crippen LogP contribution in [0.3, 0.4) is 0 Å². The Morgan fingerprint density at radius 1 is 1.37 bits per heavy atom. The molecule has 1 aromatic rings. The number of hydrogen-bond donors (Lipinski definition) is 2. The average Bonchev–Trinajstić information content (AvgIpc) is 2.43. The molecule has 108 valence electrons. The zero-order chi connectivity index (χ0) is 14.1. The van der Waals surface area contributed by atoms with Gasteiger partial charge in [0.25, 0.3) is 0 Å². The van der Waals surface area contributed by atoms with Gasteiger partial charge in [-0.05, 0) is 25.3 Å². The molecular weight excluding hydrogens is 262 g/mol. The maximum Gasteiger partial charge on any atom is 0.123 e. The summed E-state index contributed by atoms with van der Waals surface area (Å²) < 4.78 is 10.6. The Labute approximate surface area is 119 Å². The molecule has 0 fully saturated rings. The van der Waals surface area contributed by atoms with E-state index in [1.165, 1.54) is 0 Å². The van der Waals surface area contributed by atoms with Gasteiger partial charge in [0, 0.05) is 24.4 Å². The summed E-state index contributed by atoms with van der Waals surface area (Å²) in [5.74, 6) is 2.48. The van der Waals surface area contributed by atoms with Gasteiger partial charge in [-0.25, -0.2) is 0 Å². The summed E-state index contributed by atoms with van der Waals surface area (Å²) in [5.41, 5.74) is 0. The van der Waals surface area contributed by atoms with Crippen molar-refractivity contribution in [1.29, 1.82) is 0 Å². The predicted molar refractivity (Wildman–Crippen MR) is 80.3 cm³/mol. The Morgan fingerprint density at radius 2 is 2.11 bits per heavy atom. The number of aliphatic hydroxyl groups is 1. The summed E-state index contributed by atoms with van der Waals surface area (Å²) in [4.78, 5) is 0. The average molecular weight is 285 g/mol. The van der Waals surface area contributed by atoms with Gasteiger partial charge in [0.2, 0.25) is 0 Å². The topological polar surface area (TPSA) is 50.7 Å². The summed E-state index contributed by atoms with van der Waals surface area (Å²) in [7, 11) is 1.62. The van der Waals surface area contributed by atoms with Crippen molar-refractivity contribution in [3.8, 4) is 11.5 Å². The molecule has 0 aliphatic rings. The third kappa shape index (κ3) is 6.71. The summed E-state index contributed by atoms with van der Waals surface area (Å²) in [6, 6.07) is 7.76. The van der Waals surface area contributed by atoms with Gasteiger partial charge in [0.1, 0.15) is 24.2 Å². The maximum absolute atomic E-state index is 9.83. The normalized spacial score (nSPS) is 13.9. The van der Waals surface area contributed by atoms with E-state index < -0.39 is 6.10 Å². The summed E-state index contributed by atoms with van der Waals surface area (Å²) in [5, 5.41) is 13.1. The van der Waals surface area contributed by atoms with Crippen molar-refractivity contribution in [2.45, 2.75) is 19.1 Å². The van der Waals surface area contributed by atoms with Crippen molar-refractivity contribution in [1.82, 2.24) is 5.32 Å². The quantitative estimate of drug-likeness (QED) is 0.724. The minimum atomic E-state index is -0.518. The molecule has 19 heavy (non-hydrogen) atoms. The Bertz CT molecular complexity index is 362. The van der Waals surface area contributed by atoms with Crippen LogP contribution in [-0.4, -0.2) is 49.5 Å². The van der Waals surface area contributed by atoms with Crippen molar-refractivity contribution < 1.29 is 14.6 Å². The molecule has 0 saturated carbocycles. The molecule has 0 amide bonds. The van der Waals surface area contributed by atoms with Crippen LogP contribution in [-0.2, 0) is 0 Å². The minimum Gasteiger partial charge on any atom is -0.497 e. The van der Waals surface area contributed by atoms with E-state index in [2.05, 4.69) is 18.5 Å². The molecule has 2 unspecified atom stereocenters. The lowest BCUT2D eigenvalue weighted by Gasteiger charge is -2.17. The highest BCUT2D eigenvalue weighted by Crippen LogP contribution is 2.18. The molecule has 0 aromatic heterocycles. The monoisotopic (exact) mass is 285 g/mol. The van der Waals surface area contributed by atoms with E-state index >= 15 is 0 Å². The van der Waals surface area contributed by atoms with Crippen LogP contribution in [0.25, 0.3) is 0 Å². The van der Waals surface area contributed by atoms with E-state index in [4.69, 9.17) is 9.47 Å². The molecule has 0 radical (unpaired) electrons. The molecule has 1 rings (SSSR count). The van der Waals surface area contributed by atoms with Gasteiger partial charge in [-0.15, -0.1) is 0 Å². The van der Waals surface area contributed by atoms with Crippen LogP contribution < -0.4 is 14.8 Å². The molecule has 1 aromatic carbocycles. The predicted octanol–water partition coefficient (Wildman–Crippen LogP) is 1.78. The molecule has 0 bridgehead atoms. The second-order valence-electron chi connectivity index (χ2n) is 4.41. The lowest BCUT2D eigenvalue weighted by Crippen LogP contribution is -2.37. The van der Waals surface area contributed by atoms with Crippen molar-refractivity contribution in [3.05, 3.63) is 24.3 Å². The highest BCUT2D eigenvalue weighted by atomic mass is 32.2. The Kier molecular flexibility index (Phi) is 7.70. The highest BCUT2D eigenvalue weighted by Gasteiger charge is 2.08. The highest BCUT2D eigenvalue weighted by molar-refractivity contribution is 7.98. The van der Waals surface area contributed by atoms with Gasteiger partial charge >= 0.3 is 0 Å². The molecule has 2 atom stereocenters. The number of aliphatic hydroxyl groups excluding tert-OH is 1. The van der Waals surface area contributed by atoms with Crippen molar-refractivity contribution in [2.24, 2.45) is 0 Å². The summed E-state index contributed by atoms with van der Waals surface area (Å²) in [6.45, 7) is 2.91. The van der Waals surface area contributed by atoms with Crippen LogP contribution in [0.5, 0.6) is 11.5 Å². The summed E-state index contributed by atoms with van der Waals surface area (Å²) >= 11 is 1.79. The van der Waals surface area contributed by atoms with Gasteiger partial charge in [-0.3, -0.25) is 0 Å². The van der Waals surface area contributed by atoms with Gasteiger partial charge < -0.3 is 19.9 Å². The van der Waals surface area contributed by atoms with Crippen LogP contribution >= 0.6 is 11.8 Å². The van der Waals surface area contributed by atoms with E-state index in [1.807, 2.05) is 18.2 Å². The van der Waals surface area contributed by atoms with Crippen molar-refractivity contribution in [2.75, 3.05) is 32.3 Å². The fourth-order valence-electron chi connectivity index (χ4n) is 1.59. The second-order valence-corrected chi connectivity index (χ2v) is 5.32. The molecule has 0 saturated heterocycles. The number of hydrogen-bond acceptors (Lipinski definition) is 5. The third-order valence-corrected chi connectivity index (χ3v) is 3.44. The number of nitrogens with one attached hydrogen (secondary N) is 1. The molecule has 4 nitrogen and oxygen atoms in total. The first-order valence-corrected chi connectivity index (χ1v) is 7.72. The molecule has 0 spiro atoms. The molecule has 0 heterocycles. The van der Waals surface area contributed by atoms with Crippen molar-refractivity contribution >= 4 is 11.8 Å². The number of ether oxygens (including phenoxy) is 2. The molecular formula is C14H23NO3S.